The van der Waals surface area contributed by atoms with Crippen LogP contribution in [0.15, 0.2) is 95.7 Å². The molecule has 0 saturated carbocycles. The first kappa shape index (κ1) is 29.5. The van der Waals surface area contributed by atoms with Crippen LogP contribution < -0.4 is 15.4 Å². The smallest absolute Gasteiger partial charge is 0.338 e. The van der Waals surface area contributed by atoms with Crippen LogP contribution in [-0.2, 0) is 23.9 Å². The lowest BCUT2D eigenvalue weighted by molar-refractivity contribution is -0.152. The lowest BCUT2D eigenvalue weighted by Crippen LogP contribution is -2.46. The molecule has 0 spiro atoms. The quantitative estimate of drug-likeness (QED) is 0.295. The largest absolute Gasteiger partial charge is 0.497 e. The number of carbonyl (C=O) groups excluding carboxylic acids is 3. The standard InChI is InChI=1S/C33H32FN3O6/c1-4-42-32(39)27-24(19-9-6-13-23(15-19)41-3)17-25-28(30(27)38)26(20-10-8-14-36-18-20)29(33(40)43-5-2)31(35)37(25)22-12-7-11-21(34)16-22/h6-16,18,24,26-27H,4-5,17,35H2,1-3H3/t24-,26-,27+/m0/s1. The van der Waals surface area contributed by atoms with E-state index in [1.807, 2.05) is 6.07 Å². The number of allylic oxidation sites excluding steroid dienone is 2. The van der Waals surface area contributed by atoms with Gasteiger partial charge in [0.2, 0.25) is 0 Å². The van der Waals surface area contributed by atoms with Crippen molar-refractivity contribution in [1.82, 2.24) is 4.98 Å². The summed E-state index contributed by atoms with van der Waals surface area (Å²) < 4.78 is 30.9. The summed E-state index contributed by atoms with van der Waals surface area (Å²) >= 11 is 0. The van der Waals surface area contributed by atoms with Crippen LogP contribution in [0.3, 0.4) is 0 Å². The summed E-state index contributed by atoms with van der Waals surface area (Å²) in [6.45, 7) is 3.45. The van der Waals surface area contributed by atoms with E-state index in [2.05, 4.69) is 4.98 Å². The van der Waals surface area contributed by atoms with E-state index in [0.717, 1.165) is 0 Å². The highest BCUT2D eigenvalue weighted by molar-refractivity contribution is 6.14. The molecular formula is C33H32FN3O6. The summed E-state index contributed by atoms with van der Waals surface area (Å²) in [5.41, 5.74) is 8.89. The molecule has 1 aliphatic carbocycles. The second kappa shape index (κ2) is 12.5. The average molecular weight is 586 g/mol. The summed E-state index contributed by atoms with van der Waals surface area (Å²) in [5.74, 6) is -4.86. The van der Waals surface area contributed by atoms with Crippen LogP contribution in [0.25, 0.3) is 0 Å². The lowest BCUT2D eigenvalue weighted by atomic mass is 9.67. The summed E-state index contributed by atoms with van der Waals surface area (Å²) in [4.78, 5) is 47.6. The third-order valence-electron chi connectivity index (χ3n) is 7.68. The first-order valence-corrected chi connectivity index (χ1v) is 14.0. The molecule has 3 atom stereocenters. The van der Waals surface area contributed by atoms with Crippen LogP contribution in [0.5, 0.6) is 5.75 Å². The minimum atomic E-state index is -1.23. The zero-order valence-corrected chi connectivity index (χ0v) is 24.1. The van der Waals surface area contributed by atoms with E-state index in [1.165, 1.54) is 30.2 Å². The van der Waals surface area contributed by atoms with Gasteiger partial charge in [0.15, 0.2) is 5.78 Å². The number of nitrogens with zero attached hydrogens (tertiary/aromatic N) is 2. The Kier molecular flexibility index (Phi) is 8.56. The Morgan fingerprint density at radius 2 is 1.77 bits per heavy atom. The van der Waals surface area contributed by atoms with Gasteiger partial charge in [0.05, 0.1) is 37.5 Å². The van der Waals surface area contributed by atoms with Crippen molar-refractivity contribution >= 4 is 23.4 Å². The molecule has 2 N–H and O–H groups in total. The molecule has 0 saturated heterocycles. The zero-order chi connectivity index (χ0) is 30.7. The average Bonchev–Trinajstić information content (AvgIpc) is 3.01. The van der Waals surface area contributed by atoms with Gasteiger partial charge in [0.1, 0.15) is 23.3 Å². The molecule has 2 heterocycles. The maximum absolute atomic E-state index is 14.7. The van der Waals surface area contributed by atoms with Gasteiger partial charge in [-0.05, 0) is 67.8 Å². The Balaban J connectivity index is 1.82. The van der Waals surface area contributed by atoms with E-state index in [9.17, 15) is 18.8 Å². The van der Waals surface area contributed by atoms with Gasteiger partial charge in [0, 0.05) is 29.6 Å². The number of Topliss-reactive ketones (excluding diaryl/α,β-unsaturated/α-hetero) is 1. The SMILES string of the molecule is CCOC(=O)C1=C(N)N(c2cccc(F)c2)C2=C(C(=O)[C@H](C(=O)OCC)[C@H](c3cccc(OC)c3)C2)[C@@H]1c1cccnc1. The van der Waals surface area contributed by atoms with Gasteiger partial charge >= 0.3 is 11.9 Å². The minimum Gasteiger partial charge on any atom is -0.497 e. The summed E-state index contributed by atoms with van der Waals surface area (Å²) in [6, 6.07) is 16.3. The Hall–Kier alpha value is -4.99. The molecule has 0 radical (unpaired) electrons. The predicted molar refractivity (Wildman–Crippen MR) is 156 cm³/mol. The Morgan fingerprint density at radius 1 is 1.02 bits per heavy atom. The van der Waals surface area contributed by atoms with Gasteiger partial charge in [-0.2, -0.15) is 0 Å². The van der Waals surface area contributed by atoms with Crippen molar-refractivity contribution < 1.29 is 33.0 Å². The summed E-state index contributed by atoms with van der Waals surface area (Å²) in [5, 5.41) is 0. The van der Waals surface area contributed by atoms with E-state index in [0.29, 0.717) is 28.3 Å². The first-order chi connectivity index (χ1) is 20.8. The highest BCUT2D eigenvalue weighted by Crippen LogP contribution is 2.51. The summed E-state index contributed by atoms with van der Waals surface area (Å²) in [7, 11) is 1.53. The molecule has 0 fully saturated rings. The van der Waals surface area contributed by atoms with Gasteiger partial charge < -0.3 is 19.9 Å². The number of benzene rings is 2. The lowest BCUT2D eigenvalue weighted by Gasteiger charge is -2.44. The zero-order valence-electron chi connectivity index (χ0n) is 24.1. The van der Waals surface area contributed by atoms with Crippen LogP contribution in [0.1, 0.15) is 43.2 Å². The van der Waals surface area contributed by atoms with Crippen LogP contribution in [0.4, 0.5) is 10.1 Å². The number of anilines is 1. The molecule has 5 rings (SSSR count). The molecule has 9 nitrogen and oxygen atoms in total. The number of ketones is 1. The number of rotatable bonds is 8. The molecule has 10 heteroatoms. The highest BCUT2D eigenvalue weighted by Gasteiger charge is 2.51. The molecule has 1 aliphatic heterocycles. The molecule has 0 bridgehead atoms. The number of halogens is 1. The molecule has 3 aromatic rings. The number of carbonyl (C=O) groups is 3. The van der Waals surface area contributed by atoms with Crippen molar-refractivity contribution in [2.24, 2.45) is 11.7 Å². The number of hydrogen-bond acceptors (Lipinski definition) is 9. The number of hydrogen-bond donors (Lipinski definition) is 1. The number of ether oxygens (including phenoxy) is 3. The van der Waals surface area contributed by atoms with Gasteiger partial charge in [-0.3, -0.25) is 19.5 Å². The maximum Gasteiger partial charge on any atom is 0.338 e. The fourth-order valence-corrected chi connectivity index (χ4v) is 5.91. The minimum absolute atomic E-state index is 0.00588. The topological polar surface area (TPSA) is 121 Å². The Morgan fingerprint density at radius 3 is 2.44 bits per heavy atom. The van der Waals surface area contributed by atoms with Crippen LogP contribution in [0.2, 0.25) is 0 Å². The Bertz CT molecular complexity index is 1620. The second-order valence-electron chi connectivity index (χ2n) is 10.1. The van der Waals surface area contributed by atoms with Crippen molar-refractivity contribution in [1.29, 1.82) is 0 Å². The van der Waals surface area contributed by atoms with Crippen LogP contribution in [-0.4, -0.2) is 43.0 Å². The monoisotopic (exact) mass is 585 g/mol. The van der Waals surface area contributed by atoms with Crippen LogP contribution in [0, 0.1) is 11.7 Å². The van der Waals surface area contributed by atoms with Crippen molar-refractivity contribution in [3.05, 3.63) is 113 Å². The third kappa shape index (κ3) is 5.48. The van der Waals surface area contributed by atoms with E-state index >= 15 is 0 Å². The summed E-state index contributed by atoms with van der Waals surface area (Å²) in [6.07, 6.45) is 3.25. The molecular weight excluding hydrogens is 553 g/mol. The first-order valence-electron chi connectivity index (χ1n) is 14.0. The molecule has 1 aromatic heterocycles. The normalized spacial score (nSPS) is 20.0. The highest BCUT2D eigenvalue weighted by atomic mass is 19.1. The maximum atomic E-state index is 14.7. The van der Waals surface area contributed by atoms with Gasteiger partial charge in [-0.25, -0.2) is 9.18 Å². The molecule has 43 heavy (non-hydrogen) atoms. The molecule has 0 amide bonds. The Labute approximate surface area is 248 Å². The molecule has 222 valence electrons. The van der Waals surface area contributed by atoms with Gasteiger partial charge in [-0.15, -0.1) is 0 Å². The van der Waals surface area contributed by atoms with Crippen molar-refractivity contribution in [2.75, 3.05) is 25.2 Å². The number of esters is 2. The van der Waals surface area contributed by atoms with Crippen LogP contribution >= 0.6 is 0 Å². The number of pyridine rings is 1. The van der Waals surface area contributed by atoms with Gasteiger partial charge in [-0.1, -0.05) is 24.3 Å². The number of methoxy groups -OCH3 is 1. The second-order valence-corrected chi connectivity index (χ2v) is 10.1. The van der Waals surface area contributed by atoms with E-state index in [1.54, 1.807) is 62.6 Å². The number of nitrogens with two attached hydrogens (primary N) is 1. The van der Waals surface area contributed by atoms with Gasteiger partial charge in [0.25, 0.3) is 0 Å². The molecule has 0 unspecified atom stereocenters. The van der Waals surface area contributed by atoms with E-state index < -0.39 is 41.3 Å². The van der Waals surface area contributed by atoms with Crippen molar-refractivity contribution in [2.45, 2.75) is 32.1 Å². The molecule has 2 aromatic carbocycles. The predicted octanol–water partition coefficient (Wildman–Crippen LogP) is 4.76. The van der Waals surface area contributed by atoms with Crippen molar-refractivity contribution in [3.8, 4) is 5.75 Å². The third-order valence-corrected chi connectivity index (χ3v) is 7.68. The molecule has 2 aliphatic rings. The van der Waals surface area contributed by atoms with E-state index in [4.69, 9.17) is 19.9 Å². The fourth-order valence-electron chi connectivity index (χ4n) is 5.91. The van der Waals surface area contributed by atoms with Crippen molar-refractivity contribution in [3.63, 3.8) is 0 Å². The fraction of sp³-hybridized carbons (Fsp3) is 0.273. The van der Waals surface area contributed by atoms with E-state index in [-0.39, 0.29) is 36.6 Å². The number of aromatic nitrogens is 1.